The number of nitrogens with zero attached hydrogens (tertiary/aromatic N) is 1. The van der Waals surface area contributed by atoms with E-state index in [1.807, 2.05) is 18.2 Å². The fraction of sp³-hybridized carbons (Fsp3) is 0.562. The summed E-state index contributed by atoms with van der Waals surface area (Å²) in [5.74, 6) is 0.969. The topological polar surface area (TPSA) is 32.3 Å². The van der Waals surface area contributed by atoms with E-state index in [1.165, 1.54) is 5.56 Å². The maximum atomic E-state index is 12.2. The van der Waals surface area contributed by atoms with Crippen molar-refractivity contribution in [3.8, 4) is 0 Å². The minimum absolute atomic E-state index is 0.329. The molecule has 2 aliphatic rings. The Morgan fingerprint density at radius 1 is 1.35 bits per heavy atom. The molecule has 108 valence electrons. The van der Waals surface area contributed by atoms with Gasteiger partial charge in [0.15, 0.2) is 0 Å². The maximum Gasteiger partial charge on any atom is 0.222 e. The average molecular weight is 293 g/mol. The van der Waals surface area contributed by atoms with Gasteiger partial charge < -0.3 is 10.2 Å². The summed E-state index contributed by atoms with van der Waals surface area (Å²) < 4.78 is 0. The third-order valence-electron chi connectivity index (χ3n) is 4.55. The number of likely N-dealkylation sites (tertiary alicyclic amines) is 1. The molecule has 0 spiro atoms. The van der Waals surface area contributed by atoms with E-state index in [1.54, 1.807) is 0 Å². The molecule has 0 saturated carbocycles. The fourth-order valence-corrected chi connectivity index (χ4v) is 3.70. The number of hydrogen-bond acceptors (Lipinski definition) is 2. The zero-order valence-electron chi connectivity index (χ0n) is 11.6. The summed E-state index contributed by atoms with van der Waals surface area (Å²) in [7, 11) is 0. The first-order valence-electron chi connectivity index (χ1n) is 7.48. The van der Waals surface area contributed by atoms with Crippen molar-refractivity contribution in [1.82, 2.24) is 10.2 Å². The second-order valence-corrected chi connectivity index (χ2v) is 6.26. The van der Waals surface area contributed by atoms with Crippen LogP contribution in [0, 0.1) is 5.92 Å². The highest BCUT2D eigenvalue weighted by atomic mass is 35.5. The molecule has 1 amide bonds. The Bertz CT molecular complexity index is 491. The summed E-state index contributed by atoms with van der Waals surface area (Å²) in [5, 5.41) is 4.22. The molecule has 1 N–H and O–H groups in total. The van der Waals surface area contributed by atoms with Crippen LogP contribution in [-0.2, 0) is 11.2 Å². The summed E-state index contributed by atoms with van der Waals surface area (Å²) in [6, 6.07) is 8.38. The molecule has 0 aromatic heterocycles. The van der Waals surface area contributed by atoms with E-state index < -0.39 is 0 Å². The van der Waals surface area contributed by atoms with Crippen molar-refractivity contribution in [2.75, 3.05) is 19.6 Å². The molecule has 2 atom stereocenters. The largest absolute Gasteiger partial charge is 0.339 e. The highest BCUT2D eigenvalue weighted by Crippen LogP contribution is 2.28. The summed E-state index contributed by atoms with van der Waals surface area (Å²) in [6.45, 7) is 2.91. The number of carbonyl (C=O) groups excluding carboxylic acids is 1. The number of halogens is 1. The lowest BCUT2D eigenvalue weighted by molar-refractivity contribution is -0.139. The molecule has 2 aliphatic heterocycles. The molecular weight excluding hydrogens is 272 g/mol. The van der Waals surface area contributed by atoms with Crippen LogP contribution < -0.4 is 5.32 Å². The van der Waals surface area contributed by atoms with Gasteiger partial charge in [0.1, 0.15) is 0 Å². The van der Waals surface area contributed by atoms with Crippen molar-refractivity contribution in [2.45, 2.75) is 31.7 Å². The van der Waals surface area contributed by atoms with Crippen LogP contribution in [0.4, 0.5) is 0 Å². The van der Waals surface area contributed by atoms with E-state index in [0.717, 1.165) is 43.9 Å². The average Bonchev–Trinajstić information content (AvgIpc) is 2.46. The van der Waals surface area contributed by atoms with Crippen LogP contribution in [0.3, 0.4) is 0 Å². The zero-order chi connectivity index (χ0) is 13.9. The number of rotatable bonds is 3. The van der Waals surface area contributed by atoms with Gasteiger partial charge >= 0.3 is 0 Å². The lowest BCUT2D eigenvalue weighted by atomic mass is 9.84. The van der Waals surface area contributed by atoms with Gasteiger partial charge in [-0.2, -0.15) is 0 Å². The number of benzene rings is 1. The van der Waals surface area contributed by atoms with E-state index in [2.05, 4.69) is 16.3 Å². The summed E-state index contributed by atoms with van der Waals surface area (Å²) in [4.78, 5) is 14.3. The van der Waals surface area contributed by atoms with Crippen molar-refractivity contribution >= 4 is 17.5 Å². The first-order chi connectivity index (χ1) is 9.74. The molecule has 0 unspecified atom stereocenters. The van der Waals surface area contributed by atoms with Gasteiger partial charge in [-0.05, 0) is 56.0 Å². The Morgan fingerprint density at radius 2 is 2.25 bits per heavy atom. The Morgan fingerprint density at radius 3 is 3.10 bits per heavy atom. The molecule has 1 aromatic rings. The Hall–Kier alpha value is -1.06. The fourth-order valence-electron chi connectivity index (χ4n) is 3.48. The molecule has 2 heterocycles. The highest BCUT2D eigenvalue weighted by molar-refractivity contribution is 6.30. The summed E-state index contributed by atoms with van der Waals surface area (Å²) >= 11 is 6.02. The van der Waals surface area contributed by atoms with Gasteiger partial charge in [-0.3, -0.25) is 4.79 Å². The normalized spacial score (nSPS) is 26.4. The third-order valence-corrected chi connectivity index (χ3v) is 4.78. The molecule has 2 fully saturated rings. The van der Waals surface area contributed by atoms with Crippen molar-refractivity contribution in [3.63, 3.8) is 0 Å². The highest BCUT2D eigenvalue weighted by Gasteiger charge is 2.36. The molecule has 4 heteroatoms. The van der Waals surface area contributed by atoms with E-state index in [0.29, 0.717) is 24.3 Å². The predicted octanol–water partition coefficient (Wildman–Crippen LogP) is 2.48. The standard InChI is InChI=1S/C16H21ClN2O/c17-14-3-1-2-12(10-14)7-9-19-15-6-8-18-11-13(15)4-5-16(19)20/h1-3,10,13,15,18H,4-9,11H2/t13-,15+/m1/s1. The Kier molecular flexibility index (Phi) is 4.27. The molecule has 0 bridgehead atoms. The van der Waals surface area contributed by atoms with Gasteiger partial charge in [0.2, 0.25) is 5.91 Å². The molecule has 3 nitrogen and oxygen atoms in total. The molecule has 3 rings (SSSR count). The first kappa shape index (κ1) is 13.9. The molecule has 0 aliphatic carbocycles. The monoisotopic (exact) mass is 292 g/mol. The lowest BCUT2D eigenvalue weighted by Gasteiger charge is -2.44. The lowest BCUT2D eigenvalue weighted by Crippen LogP contribution is -2.55. The molecule has 0 radical (unpaired) electrons. The maximum absolute atomic E-state index is 12.2. The van der Waals surface area contributed by atoms with E-state index in [-0.39, 0.29) is 0 Å². The molecule has 20 heavy (non-hydrogen) atoms. The number of piperidine rings is 2. The zero-order valence-corrected chi connectivity index (χ0v) is 12.4. The van der Waals surface area contributed by atoms with Crippen LogP contribution in [0.25, 0.3) is 0 Å². The van der Waals surface area contributed by atoms with Crippen LogP contribution in [0.5, 0.6) is 0 Å². The predicted molar refractivity (Wildman–Crippen MR) is 80.9 cm³/mol. The second kappa shape index (κ2) is 6.15. The quantitative estimate of drug-likeness (QED) is 0.928. The van der Waals surface area contributed by atoms with Crippen LogP contribution in [0.2, 0.25) is 5.02 Å². The van der Waals surface area contributed by atoms with Crippen molar-refractivity contribution < 1.29 is 4.79 Å². The molecule has 1 aromatic carbocycles. The number of fused-ring (bicyclic) bond motifs is 1. The smallest absolute Gasteiger partial charge is 0.222 e. The van der Waals surface area contributed by atoms with Gasteiger partial charge in [0.05, 0.1) is 0 Å². The van der Waals surface area contributed by atoms with Gasteiger partial charge in [0.25, 0.3) is 0 Å². The SMILES string of the molecule is O=C1CC[C@@H]2CNCC[C@@H]2N1CCc1cccc(Cl)c1. The third kappa shape index (κ3) is 2.99. The van der Waals surface area contributed by atoms with Gasteiger partial charge in [-0.25, -0.2) is 0 Å². The second-order valence-electron chi connectivity index (χ2n) is 5.83. The number of carbonyl (C=O) groups is 1. The van der Waals surface area contributed by atoms with E-state index in [4.69, 9.17) is 11.6 Å². The summed E-state index contributed by atoms with van der Waals surface area (Å²) in [6.07, 6.45) is 3.73. The van der Waals surface area contributed by atoms with Crippen LogP contribution in [0.1, 0.15) is 24.8 Å². The van der Waals surface area contributed by atoms with Crippen LogP contribution in [-0.4, -0.2) is 36.5 Å². The summed E-state index contributed by atoms with van der Waals surface area (Å²) in [5.41, 5.74) is 1.21. The number of nitrogens with one attached hydrogen (secondary N) is 1. The first-order valence-corrected chi connectivity index (χ1v) is 7.86. The molecule has 2 saturated heterocycles. The van der Waals surface area contributed by atoms with Crippen LogP contribution in [0.15, 0.2) is 24.3 Å². The Labute approximate surface area is 125 Å². The van der Waals surface area contributed by atoms with Crippen molar-refractivity contribution in [2.24, 2.45) is 5.92 Å². The van der Waals surface area contributed by atoms with Crippen molar-refractivity contribution in [3.05, 3.63) is 34.9 Å². The van der Waals surface area contributed by atoms with Crippen LogP contribution >= 0.6 is 11.6 Å². The van der Waals surface area contributed by atoms with Gasteiger partial charge in [-0.15, -0.1) is 0 Å². The number of amides is 1. The van der Waals surface area contributed by atoms with E-state index in [9.17, 15) is 4.79 Å². The van der Waals surface area contributed by atoms with E-state index >= 15 is 0 Å². The van der Waals surface area contributed by atoms with Gasteiger partial charge in [-0.1, -0.05) is 23.7 Å². The van der Waals surface area contributed by atoms with Gasteiger partial charge in [0, 0.05) is 24.0 Å². The Balaban J connectivity index is 1.66. The number of hydrogen-bond donors (Lipinski definition) is 1. The molecular formula is C16H21ClN2O. The van der Waals surface area contributed by atoms with Crippen molar-refractivity contribution in [1.29, 1.82) is 0 Å². The minimum atomic E-state index is 0.329. The minimum Gasteiger partial charge on any atom is -0.339 e.